The Morgan fingerprint density at radius 1 is 1.07 bits per heavy atom. The van der Waals surface area contributed by atoms with Crippen LogP contribution in [0.4, 0.5) is 4.79 Å². The maximum atomic E-state index is 12.4. The first-order chi connectivity index (χ1) is 13.5. The van der Waals surface area contributed by atoms with Gasteiger partial charge < -0.3 is 25.0 Å². The van der Waals surface area contributed by atoms with Crippen LogP contribution in [0.25, 0.3) is 0 Å². The average Bonchev–Trinajstić information content (AvgIpc) is 2.72. The van der Waals surface area contributed by atoms with Crippen LogP contribution in [0.5, 0.6) is 0 Å². The van der Waals surface area contributed by atoms with Crippen LogP contribution in [-0.4, -0.2) is 68.8 Å². The van der Waals surface area contributed by atoms with Gasteiger partial charge in [0.2, 0.25) is 0 Å². The first kappa shape index (κ1) is 21.7. The van der Waals surface area contributed by atoms with Crippen molar-refractivity contribution >= 4 is 17.9 Å². The summed E-state index contributed by atoms with van der Waals surface area (Å²) in [6, 6.07) is 6.59. The number of likely N-dealkylation sites (tertiary alicyclic amines) is 1. The van der Waals surface area contributed by atoms with Crippen molar-refractivity contribution in [3.05, 3.63) is 35.4 Å². The summed E-state index contributed by atoms with van der Waals surface area (Å²) in [5.41, 5.74) is 1.01. The molecule has 2 N–H and O–H groups in total. The van der Waals surface area contributed by atoms with Crippen LogP contribution in [0.15, 0.2) is 24.3 Å². The minimum atomic E-state index is -0.302. The molecule has 0 radical (unpaired) electrons. The molecule has 1 saturated heterocycles. The summed E-state index contributed by atoms with van der Waals surface area (Å²) in [6.45, 7) is 4.40. The monoisotopic (exact) mass is 391 g/mol. The molecule has 2 rings (SSSR count). The highest BCUT2D eigenvalue weighted by atomic mass is 16.6. The van der Waals surface area contributed by atoms with Gasteiger partial charge in [0.1, 0.15) is 0 Å². The van der Waals surface area contributed by atoms with E-state index in [1.54, 1.807) is 43.2 Å². The Morgan fingerprint density at radius 3 is 2.25 bits per heavy atom. The smallest absolute Gasteiger partial charge is 0.409 e. The van der Waals surface area contributed by atoms with Crippen LogP contribution in [0.2, 0.25) is 0 Å². The standard InChI is InChI=1S/C20H29N3O5/c1-3-28-20(26)23-12-9-17(10-13-23)22-19(25)16-7-5-15(6-8-16)18(24)21-11-4-14-27-2/h5-8,17H,3-4,9-14H2,1-2H3,(H,21,24)(H,22,25). The Labute approximate surface area is 165 Å². The zero-order valence-electron chi connectivity index (χ0n) is 16.5. The first-order valence-electron chi connectivity index (χ1n) is 9.65. The van der Waals surface area contributed by atoms with Crippen molar-refractivity contribution in [3.63, 3.8) is 0 Å². The Bertz CT molecular complexity index is 654. The van der Waals surface area contributed by atoms with E-state index in [2.05, 4.69) is 10.6 Å². The summed E-state index contributed by atoms with van der Waals surface area (Å²) in [5.74, 6) is -0.351. The van der Waals surface area contributed by atoms with Crippen LogP contribution < -0.4 is 10.6 Å². The maximum Gasteiger partial charge on any atom is 0.409 e. The van der Waals surface area contributed by atoms with E-state index in [0.717, 1.165) is 6.42 Å². The third-order valence-corrected chi connectivity index (χ3v) is 4.58. The Hall–Kier alpha value is -2.61. The quantitative estimate of drug-likeness (QED) is 0.659. The highest BCUT2D eigenvalue weighted by Crippen LogP contribution is 2.13. The van der Waals surface area contributed by atoms with Crippen molar-refractivity contribution in [1.82, 2.24) is 15.5 Å². The van der Waals surface area contributed by atoms with Crippen LogP contribution in [0.3, 0.4) is 0 Å². The number of nitrogens with zero attached hydrogens (tertiary/aromatic N) is 1. The molecule has 8 heteroatoms. The number of benzene rings is 1. The number of carbonyl (C=O) groups is 3. The molecule has 0 atom stereocenters. The molecule has 0 bridgehead atoms. The highest BCUT2D eigenvalue weighted by Gasteiger charge is 2.24. The molecule has 0 unspecified atom stereocenters. The van der Waals surface area contributed by atoms with Gasteiger partial charge in [0.25, 0.3) is 11.8 Å². The SMILES string of the molecule is CCOC(=O)N1CCC(NC(=O)c2ccc(C(=O)NCCCOC)cc2)CC1. The molecule has 1 heterocycles. The summed E-state index contributed by atoms with van der Waals surface area (Å²) in [7, 11) is 1.62. The second-order valence-corrected chi connectivity index (χ2v) is 6.61. The minimum absolute atomic E-state index is 0.0157. The lowest BCUT2D eigenvalue weighted by Gasteiger charge is -2.31. The molecule has 3 amide bonds. The van der Waals surface area contributed by atoms with Crippen LogP contribution in [0, 0.1) is 0 Å². The first-order valence-corrected chi connectivity index (χ1v) is 9.65. The highest BCUT2D eigenvalue weighted by molar-refractivity contribution is 5.97. The topological polar surface area (TPSA) is 97.0 Å². The van der Waals surface area contributed by atoms with E-state index in [1.165, 1.54) is 0 Å². The summed E-state index contributed by atoms with van der Waals surface area (Å²) in [4.78, 5) is 37.8. The molecule has 28 heavy (non-hydrogen) atoms. The molecule has 0 aromatic heterocycles. The number of rotatable bonds is 8. The molecular weight excluding hydrogens is 362 g/mol. The second-order valence-electron chi connectivity index (χ2n) is 6.61. The van der Waals surface area contributed by atoms with Gasteiger partial charge in [0, 0.05) is 50.5 Å². The van der Waals surface area contributed by atoms with Gasteiger partial charge in [-0.25, -0.2) is 4.79 Å². The van der Waals surface area contributed by atoms with E-state index in [9.17, 15) is 14.4 Å². The van der Waals surface area contributed by atoms with Gasteiger partial charge >= 0.3 is 6.09 Å². The number of amides is 3. The number of carbonyl (C=O) groups excluding carboxylic acids is 3. The van der Waals surface area contributed by atoms with Crippen molar-refractivity contribution in [2.45, 2.75) is 32.2 Å². The van der Waals surface area contributed by atoms with Gasteiger partial charge in [-0.1, -0.05) is 0 Å². The predicted molar refractivity (Wildman–Crippen MR) is 104 cm³/mol. The molecule has 1 fully saturated rings. The summed E-state index contributed by atoms with van der Waals surface area (Å²) in [6.07, 6.45) is 1.82. The van der Waals surface area contributed by atoms with Gasteiger partial charge in [-0.15, -0.1) is 0 Å². The van der Waals surface area contributed by atoms with Crippen molar-refractivity contribution in [2.24, 2.45) is 0 Å². The third-order valence-electron chi connectivity index (χ3n) is 4.58. The summed E-state index contributed by atoms with van der Waals surface area (Å²) >= 11 is 0. The van der Waals surface area contributed by atoms with Crippen LogP contribution in [0.1, 0.15) is 46.9 Å². The fourth-order valence-electron chi connectivity index (χ4n) is 2.98. The Kier molecular flexibility index (Phi) is 8.74. The molecule has 1 aromatic carbocycles. The number of nitrogens with one attached hydrogen (secondary N) is 2. The largest absolute Gasteiger partial charge is 0.450 e. The number of hydrogen-bond donors (Lipinski definition) is 2. The fourth-order valence-corrected chi connectivity index (χ4v) is 2.98. The number of ether oxygens (including phenoxy) is 2. The summed E-state index contributed by atoms with van der Waals surface area (Å²) < 4.78 is 9.94. The van der Waals surface area contributed by atoms with Crippen molar-refractivity contribution in [3.8, 4) is 0 Å². The van der Waals surface area contributed by atoms with Crippen molar-refractivity contribution in [1.29, 1.82) is 0 Å². The predicted octanol–water partition coefficient (Wildman–Crippen LogP) is 1.80. The minimum Gasteiger partial charge on any atom is -0.450 e. The van der Waals surface area contributed by atoms with Crippen molar-refractivity contribution in [2.75, 3.05) is 40.0 Å². The lowest BCUT2D eigenvalue weighted by atomic mass is 10.0. The number of hydrogen-bond acceptors (Lipinski definition) is 5. The molecule has 154 valence electrons. The normalized spacial score (nSPS) is 14.4. The van der Waals surface area contributed by atoms with E-state index in [0.29, 0.717) is 56.8 Å². The van der Waals surface area contributed by atoms with Gasteiger partial charge in [-0.3, -0.25) is 9.59 Å². The van der Waals surface area contributed by atoms with E-state index >= 15 is 0 Å². The summed E-state index contributed by atoms with van der Waals surface area (Å²) in [5, 5.41) is 5.80. The second kappa shape index (κ2) is 11.3. The van der Waals surface area contributed by atoms with Gasteiger partial charge in [0.05, 0.1) is 6.61 Å². The van der Waals surface area contributed by atoms with Gasteiger partial charge in [0.15, 0.2) is 0 Å². The molecule has 1 aliphatic rings. The lowest BCUT2D eigenvalue weighted by molar-refractivity contribution is 0.0857. The fraction of sp³-hybridized carbons (Fsp3) is 0.550. The molecule has 1 aliphatic heterocycles. The average molecular weight is 391 g/mol. The maximum absolute atomic E-state index is 12.4. The number of methoxy groups -OCH3 is 1. The van der Waals surface area contributed by atoms with E-state index in [1.807, 2.05) is 0 Å². The molecule has 0 aliphatic carbocycles. The van der Waals surface area contributed by atoms with Gasteiger partial charge in [-0.05, 0) is 50.5 Å². The van der Waals surface area contributed by atoms with Crippen molar-refractivity contribution < 1.29 is 23.9 Å². The zero-order valence-corrected chi connectivity index (χ0v) is 16.5. The Balaban J connectivity index is 1.78. The van der Waals surface area contributed by atoms with Gasteiger partial charge in [-0.2, -0.15) is 0 Å². The van der Waals surface area contributed by atoms with Crippen LogP contribution in [-0.2, 0) is 9.47 Å². The third kappa shape index (κ3) is 6.53. The lowest BCUT2D eigenvalue weighted by Crippen LogP contribution is -2.46. The molecule has 0 spiro atoms. The van der Waals surface area contributed by atoms with E-state index in [4.69, 9.17) is 9.47 Å². The molecular formula is C20H29N3O5. The van der Waals surface area contributed by atoms with E-state index < -0.39 is 0 Å². The molecule has 0 saturated carbocycles. The Morgan fingerprint density at radius 2 is 1.68 bits per heavy atom. The molecule has 1 aromatic rings. The zero-order chi connectivity index (χ0) is 20.4. The van der Waals surface area contributed by atoms with Crippen LogP contribution >= 0.6 is 0 Å². The van der Waals surface area contributed by atoms with E-state index in [-0.39, 0.29) is 23.9 Å². The molecule has 8 nitrogen and oxygen atoms in total. The number of piperidine rings is 1.